The maximum Gasteiger partial charge on any atom is 0.336 e. The van der Waals surface area contributed by atoms with Crippen LogP contribution < -0.4 is 11.1 Å². The Labute approximate surface area is 88.8 Å². The van der Waals surface area contributed by atoms with Gasteiger partial charge in [-0.3, -0.25) is 4.79 Å². The third-order valence-corrected chi connectivity index (χ3v) is 2.15. The van der Waals surface area contributed by atoms with E-state index in [0.717, 1.165) is 7.11 Å². The summed E-state index contributed by atoms with van der Waals surface area (Å²) in [6, 6.07) is -0.278. The molecule has 0 radical (unpaired) electrons. The molecule has 0 spiro atoms. The van der Waals surface area contributed by atoms with Crippen LogP contribution in [0.2, 0.25) is 0 Å². The number of nitrogens with two attached hydrogens (primary N) is 1. The fourth-order valence-electron chi connectivity index (χ4n) is 0.816. The minimum atomic E-state index is -1.33. The zero-order valence-electron chi connectivity index (χ0n) is 9.19. The predicted molar refractivity (Wildman–Crippen MR) is 53.8 cm³/mol. The molecular weight excluding hydrogens is 200 g/mol. The molecule has 0 saturated heterocycles. The highest BCUT2D eigenvalue weighted by Gasteiger charge is 2.20. The van der Waals surface area contributed by atoms with Crippen molar-refractivity contribution in [1.29, 1.82) is 0 Å². The minimum Gasteiger partial charge on any atom is -0.467 e. The fourth-order valence-corrected chi connectivity index (χ4v) is 0.816. The van der Waals surface area contributed by atoms with Gasteiger partial charge >= 0.3 is 5.97 Å². The van der Waals surface area contributed by atoms with Crippen LogP contribution in [0.5, 0.6) is 0 Å². The van der Waals surface area contributed by atoms with Gasteiger partial charge in [-0.15, -0.1) is 0 Å². The molecule has 0 aromatic heterocycles. The number of hydrogen-bond acceptors (Lipinski definition) is 5. The van der Waals surface area contributed by atoms with Crippen LogP contribution in [0.1, 0.15) is 13.8 Å². The van der Waals surface area contributed by atoms with Crippen LogP contribution in [-0.2, 0) is 14.3 Å². The third-order valence-electron chi connectivity index (χ3n) is 2.15. The topological polar surface area (TPSA) is 102 Å². The Balaban J connectivity index is 3.95. The summed E-state index contributed by atoms with van der Waals surface area (Å²) in [7, 11) is 1.16. The lowest BCUT2D eigenvalue weighted by Crippen LogP contribution is -2.43. The van der Waals surface area contributed by atoms with Gasteiger partial charge in [0.1, 0.15) is 0 Å². The molecule has 0 aliphatic carbocycles. The van der Waals surface area contributed by atoms with Crippen LogP contribution in [0.15, 0.2) is 0 Å². The normalized spacial score (nSPS) is 16.3. The molecule has 88 valence electrons. The molecule has 0 aliphatic rings. The van der Waals surface area contributed by atoms with Crippen molar-refractivity contribution in [2.24, 2.45) is 11.7 Å². The highest BCUT2D eigenvalue weighted by Crippen LogP contribution is 1.99. The van der Waals surface area contributed by atoms with Gasteiger partial charge in [0.15, 0.2) is 6.10 Å². The first-order chi connectivity index (χ1) is 6.90. The number of hydrogen-bond donors (Lipinski definition) is 3. The SMILES string of the molecule is COC(=O)C(O)CNC(=O)C(C)C(C)N. The number of rotatable bonds is 5. The van der Waals surface area contributed by atoms with E-state index >= 15 is 0 Å². The van der Waals surface area contributed by atoms with Gasteiger partial charge in [-0.2, -0.15) is 0 Å². The van der Waals surface area contributed by atoms with Crippen LogP contribution >= 0.6 is 0 Å². The second-order valence-corrected chi connectivity index (χ2v) is 3.43. The summed E-state index contributed by atoms with van der Waals surface area (Å²) in [6.45, 7) is 3.22. The van der Waals surface area contributed by atoms with Gasteiger partial charge in [0, 0.05) is 12.0 Å². The van der Waals surface area contributed by atoms with Crippen LogP contribution in [0.3, 0.4) is 0 Å². The predicted octanol–water partition coefficient (Wildman–Crippen LogP) is -1.38. The maximum atomic E-state index is 11.3. The Morgan fingerprint density at radius 1 is 1.47 bits per heavy atom. The van der Waals surface area contributed by atoms with Gasteiger partial charge in [-0.1, -0.05) is 6.92 Å². The van der Waals surface area contributed by atoms with E-state index < -0.39 is 12.1 Å². The van der Waals surface area contributed by atoms with Gasteiger partial charge in [-0.05, 0) is 6.92 Å². The molecule has 0 fully saturated rings. The third kappa shape index (κ3) is 4.75. The Hall–Kier alpha value is -1.14. The van der Waals surface area contributed by atoms with Crippen molar-refractivity contribution in [1.82, 2.24) is 5.32 Å². The Morgan fingerprint density at radius 3 is 2.40 bits per heavy atom. The van der Waals surface area contributed by atoms with Crippen molar-refractivity contribution < 1.29 is 19.4 Å². The van der Waals surface area contributed by atoms with Gasteiger partial charge in [0.05, 0.1) is 13.7 Å². The van der Waals surface area contributed by atoms with Crippen molar-refractivity contribution in [3.05, 3.63) is 0 Å². The smallest absolute Gasteiger partial charge is 0.336 e. The molecule has 6 heteroatoms. The standard InChI is InChI=1S/C9H18N2O4/c1-5(6(2)10)8(13)11-4-7(12)9(14)15-3/h5-7,12H,4,10H2,1-3H3,(H,11,13). The maximum absolute atomic E-state index is 11.3. The van der Waals surface area contributed by atoms with Crippen LogP contribution in [0.4, 0.5) is 0 Å². The number of carbonyl (C=O) groups excluding carboxylic acids is 2. The van der Waals surface area contributed by atoms with E-state index in [1.54, 1.807) is 13.8 Å². The first kappa shape index (κ1) is 13.9. The molecule has 0 aromatic rings. The molecule has 0 bridgehead atoms. The number of ether oxygens (including phenoxy) is 1. The largest absolute Gasteiger partial charge is 0.467 e. The molecule has 3 unspecified atom stereocenters. The molecular formula is C9H18N2O4. The van der Waals surface area contributed by atoms with E-state index in [4.69, 9.17) is 10.8 Å². The van der Waals surface area contributed by atoms with E-state index in [-0.39, 0.29) is 24.4 Å². The zero-order valence-corrected chi connectivity index (χ0v) is 9.19. The number of amides is 1. The summed E-state index contributed by atoms with van der Waals surface area (Å²) in [5, 5.41) is 11.6. The summed E-state index contributed by atoms with van der Waals surface area (Å²) in [5.74, 6) is -1.44. The van der Waals surface area contributed by atoms with Crippen molar-refractivity contribution in [2.75, 3.05) is 13.7 Å². The van der Waals surface area contributed by atoms with Gasteiger partial charge < -0.3 is 20.9 Å². The number of aliphatic hydroxyl groups excluding tert-OH is 1. The molecule has 0 rings (SSSR count). The lowest BCUT2D eigenvalue weighted by Gasteiger charge is -2.16. The summed E-state index contributed by atoms with van der Waals surface area (Å²) in [5.41, 5.74) is 5.51. The van der Waals surface area contributed by atoms with Crippen molar-refractivity contribution in [2.45, 2.75) is 26.0 Å². The highest BCUT2D eigenvalue weighted by atomic mass is 16.5. The quantitative estimate of drug-likeness (QED) is 0.494. The number of nitrogens with one attached hydrogen (secondary N) is 1. The molecule has 0 heterocycles. The second-order valence-electron chi connectivity index (χ2n) is 3.43. The van der Waals surface area contributed by atoms with E-state index in [0.29, 0.717) is 0 Å². The van der Waals surface area contributed by atoms with Gasteiger partial charge in [0.25, 0.3) is 0 Å². The molecule has 3 atom stereocenters. The number of aliphatic hydroxyl groups is 1. The average molecular weight is 218 g/mol. The molecule has 0 saturated carbocycles. The number of methoxy groups -OCH3 is 1. The summed E-state index contributed by atoms with van der Waals surface area (Å²) in [6.07, 6.45) is -1.33. The number of esters is 1. The van der Waals surface area contributed by atoms with E-state index in [9.17, 15) is 9.59 Å². The summed E-state index contributed by atoms with van der Waals surface area (Å²) >= 11 is 0. The molecule has 1 amide bonds. The van der Waals surface area contributed by atoms with Crippen molar-refractivity contribution in [3.63, 3.8) is 0 Å². The van der Waals surface area contributed by atoms with E-state index in [1.807, 2.05) is 0 Å². The van der Waals surface area contributed by atoms with E-state index in [2.05, 4.69) is 10.1 Å². The lowest BCUT2D eigenvalue weighted by molar-refractivity contribution is -0.150. The minimum absolute atomic E-state index is 0.164. The molecule has 6 nitrogen and oxygen atoms in total. The average Bonchev–Trinajstić information content (AvgIpc) is 2.22. The Morgan fingerprint density at radius 2 is 2.00 bits per heavy atom. The molecule has 4 N–H and O–H groups in total. The van der Waals surface area contributed by atoms with Crippen molar-refractivity contribution >= 4 is 11.9 Å². The van der Waals surface area contributed by atoms with Crippen LogP contribution in [0, 0.1) is 5.92 Å². The Bertz CT molecular complexity index is 230. The first-order valence-corrected chi connectivity index (χ1v) is 4.69. The van der Waals surface area contributed by atoms with Crippen LogP contribution in [0.25, 0.3) is 0 Å². The molecule has 15 heavy (non-hydrogen) atoms. The van der Waals surface area contributed by atoms with E-state index in [1.165, 1.54) is 0 Å². The monoisotopic (exact) mass is 218 g/mol. The summed E-state index contributed by atoms with van der Waals surface area (Å²) < 4.78 is 4.29. The second kappa shape index (κ2) is 6.36. The first-order valence-electron chi connectivity index (χ1n) is 4.69. The zero-order chi connectivity index (χ0) is 12.0. The lowest BCUT2D eigenvalue weighted by atomic mass is 10.0. The summed E-state index contributed by atoms with van der Waals surface area (Å²) in [4.78, 5) is 22.1. The van der Waals surface area contributed by atoms with Crippen molar-refractivity contribution in [3.8, 4) is 0 Å². The number of carbonyl (C=O) groups is 2. The fraction of sp³-hybridized carbons (Fsp3) is 0.778. The molecule has 0 aromatic carbocycles. The Kier molecular flexibility index (Phi) is 5.88. The molecule has 0 aliphatic heterocycles. The van der Waals surface area contributed by atoms with Gasteiger partial charge in [0.2, 0.25) is 5.91 Å². The van der Waals surface area contributed by atoms with Crippen LogP contribution in [-0.4, -0.2) is 42.8 Å². The highest BCUT2D eigenvalue weighted by molar-refractivity contribution is 5.80. The van der Waals surface area contributed by atoms with Gasteiger partial charge in [-0.25, -0.2) is 4.79 Å².